The number of carbonyl (C=O) groups excluding carboxylic acids is 1. The van der Waals surface area contributed by atoms with E-state index >= 15 is 0 Å². The molecule has 0 fully saturated rings. The molecule has 0 spiro atoms. The molecule has 0 aliphatic rings. The molecule has 6 nitrogen and oxygen atoms in total. The molecule has 0 amide bonds. The number of hydrogen-bond donors (Lipinski definition) is 0. The van der Waals surface area contributed by atoms with Crippen LogP contribution in [0.15, 0.2) is 21.1 Å². The molecule has 0 aliphatic carbocycles. The van der Waals surface area contributed by atoms with Gasteiger partial charge in [-0.25, -0.2) is 4.79 Å². The van der Waals surface area contributed by atoms with Crippen LogP contribution in [0.5, 0.6) is 0 Å². The van der Waals surface area contributed by atoms with E-state index in [1.54, 1.807) is 26.0 Å². The Balaban J connectivity index is 1.93. The first-order valence-electron chi connectivity index (χ1n) is 4.68. The molecule has 2 heterocycles. The van der Waals surface area contributed by atoms with Crippen LogP contribution < -0.4 is 0 Å². The fraction of sp³-hybridized carbons (Fsp3) is 0.300. The fourth-order valence-corrected chi connectivity index (χ4v) is 1.15. The second kappa shape index (κ2) is 4.18. The van der Waals surface area contributed by atoms with Crippen LogP contribution in [0.1, 0.15) is 28.0 Å². The Morgan fingerprint density at radius 3 is 2.81 bits per heavy atom. The molecule has 0 aromatic carbocycles. The van der Waals surface area contributed by atoms with Crippen molar-refractivity contribution in [2.75, 3.05) is 0 Å². The second-order valence-electron chi connectivity index (χ2n) is 3.22. The topological polar surface area (TPSA) is 78.4 Å². The van der Waals surface area contributed by atoms with Crippen molar-refractivity contribution in [2.24, 2.45) is 0 Å². The van der Waals surface area contributed by atoms with Gasteiger partial charge in [-0.15, -0.1) is 0 Å². The van der Waals surface area contributed by atoms with Crippen molar-refractivity contribution >= 4 is 5.97 Å². The number of furan rings is 1. The van der Waals surface area contributed by atoms with Crippen LogP contribution >= 0.6 is 0 Å². The quantitative estimate of drug-likeness (QED) is 0.734. The number of ether oxygens (including phenoxy) is 1. The first kappa shape index (κ1) is 10.4. The van der Waals surface area contributed by atoms with Gasteiger partial charge in [0, 0.05) is 6.92 Å². The van der Waals surface area contributed by atoms with E-state index in [1.807, 2.05) is 0 Å². The van der Waals surface area contributed by atoms with Gasteiger partial charge in [-0.05, 0) is 19.1 Å². The van der Waals surface area contributed by atoms with Crippen molar-refractivity contribution in [3.8, 4) is 0 Å². The first-order chi connectivity index (χ1) is 7.65. The number of hydrogen-bond acceptors (Lipinski definition) is 6. The first-order valence-corrected chi connectivity index (χ1v) is 4.68. The van der Waals surface area contributed by atoms with Crippen molar-refractivity contribution in [2.45, 2.75) is 20.5 Å². The van der Waals surface area contributed by atoms with E-state index in [4.69, 9.17) is 13.7 Å². The Kier molecular flexibility index (Phi) is 2.72. The monoisotopic (exact) mass is 222 g/mol. The van der Waals surface area contributed by atoms with E-state index in [9.17, 15) is 4.79 Å². The van der Waals surface area contributed by atoms with Crippen LogP contribution in [0.3, 0.4) is 0 Å². The van der Waals surface area contributed by atoms with Crippen LogP contribution in [-0.4, -0.2) is 16.1 Å². The largest absolute Gasteiger partial charge is 0.454 e. The average molecular weight is 222 g/mol. The lowest BCUT2D eigenvalue weighted by atomic mass is 10.4. The molecule has 2 rings (SSSR count). The van der Waals surface area contributed by atoms with Gasteiger partial charge < -0.3 is 13.7 Å². The smallest absolute Gasteiger partial charge is 0.374 e. The number of carbonyl (C=O) groups is 1. The molecular formula is C10H10N2O4. The highest BCUT2D eigenvalue weighted by atomic mass is 16.5. The van der Waals surface area contributed by atoms with Crippen LogP contribution in [-0.2, 0) is 11.3 Å². The van der Waals surface area contributed by atoms with Gasteiger partial charge in [0.05, 0.1) is 0 Å². The summed E-state index contributed by atoms with van der Waals surface area (Å²) in [4.78, 5) is 15.3. The molecule has 16 heavy (non-hydrogen) atoms. The van der Waals surface area contributed by atoms with Crippen molar-refractivity contribution < 1.29 is 18.5 Å². The van der Waals surface area contributed by atoms with Gasteiger partial charge in [-0.1, -0.05) is 5.16 Å². The molecule has 6 heteroatoms. The number of aryl methyl sites for hydroxylation is 2. The van der Waals surface area contributed by atoms with E-state index in [0.717, 1.165) is 0 Å². The highest BCUT2D eigenvalue weighted by molar-refractivity contribution is 5.86. The zero-order chi connectivity index (χ0) is 11.5. The van der Waals surface area contributed by atoms with Crippen molar-refractivity contribution in [1.82, 2.24) is 10.1 Å². The minimum Gasteiger partial charge on any atom is -0.454 e. The lowest BCUT2D eigenvalue weighted by Gasteiger charge is -1.97. The highest BCUT2D eigenvalue weighted by Gasteiger charge is 2.13. The summed E-state index contributed by atoms with van der Waals surface area (Å²) in [6, 6.07) is 3.24. The Labute approximate surface area is 91.2 Å². The molecule has 0 radical (unpaired) electrons. The van der Waals surface area contributed by atoms with Crippen molar-refractivity contribution in [1.29, 1.82) is 0 Å². The van der Waals surface area contributed by atoms with E-state index < -0.39 is 5.97 Å². The van der Waals surface area contributed by atoms with Gasteiger partial charge in [-0.2, -0.15) is 4.98 Å². The molecule has 0 saturated heterocycles. The number of aromatic nitrogens is 2. The zero-order valence-electron chi connectivity index (χ0n) is 8.89. The molecule has 2 aromatic heterocycles. The maximum absolute atomic E-state index is 11.4. The molecule has 2 aromatic rings. The number of esters is 1. The lowest BCUT2D eigenvalue weighted by molar-refractivity contribution is 0.0422. The van der Waals surface area contributed by atoms with Crippen LogP contribution in [0, 0.1) is 13.8 Å². The number of rotatable bonds is 3. The van der Waals surface area contributed by atoms with E-state index in [2.05, 4.69) is 10.1 Å². The van der Waals surface area contributed by atoms with E-state index in [1.165, 1.54) is 0 Å². The average Bonchev–Trinajstić information content (AvgIpc) is 2.84. The van der Waals surface area contributed by atoms with Gasteiger partial charge in [-0.3, -0.25) is 0 Å². The maximum atomic E-state index is 11.4. The fourth-order valence-electron chi connectivity index (χ4n) is 1.15. The minimum absolute atomic E-state index is 0.0318. The van der Waals surface area contributed by atoms with Gasteiger partial charge in [0.25, 0.3) is 0 Å². The third-order valence-electron chi connectivity index (χ3n) is 1.84. The zero-order valence-corrected chi connectivity index (χ0v) is 8.89. The van der Waals surface area contributed by atoms with Gasteiger partial charge in [0.15, 0.2) is 6.61 Å². The molecule has 0 unspecified atom stereocenters. The standard InChI is InChI=1S/C10H10N2O4/c1-6-3-4-8(15-6)10(13)14-5-9-11-7(2)16-12-9/h3-4H,5H2,1-2H3. The highest BCUT2D eigenvalue weighted by Crippen LogP contribution is 2.08. The van der Waals surface area contributed by atoms with Crippen molar-refractivity contribution in [3.63, 3.8) is 0 Å². The summed E-state index contributed by atoms with van der Waals surface area (Å²) in [5.41, 5.74) is 0. The Bertz CT molecular complexity index is 500. The van der Waals surface area contributed by atoms with Gasteiger partial charge >= 0.3 is 5.97 Å². The van der Waals surface area contributed by atoms with E-state index in [0.29, 0.717) is 17.5 Å². The molecular weight excluding hydrogens is 212 g/mol. The Hall–Kier alpha value is -2.11. The predicted molar refractivity (Wildman–Crippen MR) is 51.6 cm³/mol. The van der Waals surface area contributed by atoms with Gasteiger partial charge in [0.1, 0.15) is 5.76 Å². The normalized spacial score (nSPS) is 10.4. The molecule has 0 saturated carbocycles. The summed E-state index contributed by atoms with van der Waals surface area (Å²) in [5, 5.41) is 3.59. The van der Waals surface area contributed by atoms with Crippen molar-refractivity contribution in [3.05, 3.63) is 35.4 Å². The Morgan fingerprint density at radius 2 is 2.25 bits per heavy atom. The molecule has 0 N–H and O–H groups in total. The molecule has 0 bridgehead atoms. The minimum atomic E-state index is -0.546. The maximum Gasteiger partial charge on any atom is 0.374 e. The second-order valence-corrected chi connectivity index (χ2v) is 3.22. The summed E-state index contributed by atoms with van der Waals surface area (Å²) in [7, 11) is 0. The van der Waals surface area contributed by atoms with E-state index in [-0.39, 0.29) is 12.4 Å². The SMILES string of the molecule is Cc1ccc(C(=O)OCc2noc(C)n2)o1. The van der Waals surface area contributed by atoms with Gasteiger partial charge in [0.2, 0.25) is 17.5 Å². The van der Waals surface area contributed by atoms with Crippen LogP contribution in [0.25, 0.3) is 0 Å². The number of nitrogens with zero attached hydrogens (tertiary/aromatic N) is 2. The third-order valence-corrected chi connectivity index (χ3v) is 1.84. The summed E-state index contributed by atoms with van der Waals surface area (Å²) < 4.78 is 14.8. The summed E-state index contributed by atoms with van der Waals surface area (Å²) in [6.07, 6.45) is 0. The summed E-state index contributed by atoms with van der Waals surface area (Å²) >= 11 is 0. The molecule has 0 aliphatic heterocycles. The predicted octanol–water partition coefficient (Wildman–Crippen LogP) is 1.64. The molecule has 84 valence electrons. The third kappa shape index (κ3) is 2.28. The summed E-state index contributed by atoms with van der Waals surface area (Å²) in [5.74, 6) is 1.03. The summed E-state index contributed by atoms with van der Waals surface area (Å²) in [6.45, 7) is 3.38. The van der Waals surface area contributed by atoms with Crippen LogP contribution in [0.2, 0.25) is 0 Å². The Morgan fingerprint density at radius 1 is 1.44 bits per heavy atom. The van der Waals surface area contributed by atoms with Crippen LogP contribution in [0.4, 0.5) is 0 Å². The lowest BCUT2D eigenvalue weighted by Crippen LogP contribution is -2.04. The molecule has 0 atom stereocenters.